The topological polar surface area (TPSA) is 68.0 Å². The van der Waals surface area contributed by atoms with Crippen LogP contribution < -0.4 is 11.1 Å². The molecule has 1 amide bonds. The van der Waals surface area contributed by atoms with Gasteiger partial charge in [0.2, 0.25) is 0 Å². The molecule has 3 N–H and O–H groups in total. The first-order chi connectivity index (χ1) is 9.98. The molecule has 114 valence electrons. The van der Waals surface area contributed by atoms with Gasteiger partial charge in [-0.15, -0.1) is 0 Å². The van der Waals surface area contributed by atoms with Crippen molar-refractivity contribution in [2.24, 2.45) is 11.7 Å². The maximum Gasteiger partial charge on any atom is 0.253 e. The van der Waals surface area contributed by atoms with Crippen LogP contribution in [0.3, 0.4) is 0 Å². The number of rotatable bonds is 4. The summed E-state index contributed by atoms with van der Waals surface area (Å²) in [5, 5.41) is 3.35. The van der Waals surface area contributed by atoms with Crippen LogP contribution in [0, 0.1) is 5.92 Å². The van der Waals surface area contributed by atoms with Crippen molar-refractivity contribution < 1.29 is 4.79 Å². The summed E-state index contributed by atoms with van der Waals surface area (Å²) in [4.78, 5) is 16.7. The molecule has 0 radical (unpaired) electrons. The van der Waals surface area contributed by atoms with E-state index in [-0.39, 0.29) is 5.91 Å². The summed E-state index contributed by atoms with van der Waals surface area (Å²) < 4.78 is 0. The van der Waals surface area contributed by atoms with Crippen molar-refractivity contribution in [2.75, 3.05) is 0 Å². The van der Waals surface area contributed by atoms with Gasteiger partial charge in [0.25, 0.3) is 5.91 Å². The molecule has 1 heterocycles. The molecule has 1 aliphatic carbocycles. The molecule has 1 aromatic rings. The second-order valence-electron chi connectivity index (χ2n) is 5.61. The van der Waals surface area contributed by atoms with Crippen molar-refractivity contribution in [1.29, 1.82) is 0 Å². The molecule has 21 heavy (non-hydrogen) atoms. The van der Waals surface area contributed by atoms with E-state index in [4.69, 9.17) is 29.6 Å². The first kappa shape index (κ1) is 16.2. The number of hydrogen-bond donors (Lipinski definition) is 2. The van der Waals surface area contributed by atoms with Crippen molar-refractivity contribution in [1.82, 2.24) is 10.3 Å². The van der Waals surface area contributed by atoms with Crippen LogP contribution in [0.25, 0.3) is 0 Å². The van der Waals surface area contributed by atoms with Gasteiger partial charge in [0.05, 0.1) is 21.1 Å². The van der Waals surface area contributed by atoms with Gasteiger partial charge in [-0.3, -0.25) is 9.78 Å². The summed E-state index contributed by atoms with van der Waals surface area (Å²) in [7, 11) is 0. The van der Waals surface area contributed by atoms with Crippen LogP contribution in [0.15, 0.2) is 18.5 Å². The summed E-state index contributed by atoms with van der Waals surface area (Å²) >= 11 is 11.2. The van der Waals surface area contributed by atoms with Gasteiger partial charge < -0.3 is 11.1 Å². The van der Waals surface area contributed by atoms with Crippen LogP contribution in [0.2, 0.25) is 5.02 Å². The van der Waals surface area contributed by atoms with Gasteiger partial charge in [0, 0.05) is 12.4 Å². The molecule has 6 heteroatoms. The van der Waals surface area contributed by atoms with Crippen molar-refractivity contribution in [3.63, 3.8) is 0 Å². The number of carbonyl (C=O) groups is 1. The third-order valence-electron chi connectivity index (χ3n) is 4.38. The zero-order valence-electron chi connectivity index (χ0n) is 12.1. The fraction of sp³-hybridized carbons (Fsp3) is 0.533. The molecule has 0 unspecified atom stereocenters. The summed E-state index contributed by atoms with van der Waals surface area (Å²) in [6.45, 7) is 2.19. The van der Waals surface area contributed by atoms with Gasteiger partial charge in [0.15, 0.2) is 0 Å². The normalized spacial score (nSPS) is 25.3. The SMILES string of the molecule is CCC1CCC(NC(=O)c2ccncc2Cl)(C(N)=S)CC1. The van der Waals surface area contributed by atoms with E-state index in [2.05, 4.69) is 17.2 Å². The van der Waals surface area contributed by atoms with Crippen LogP contribution >= 0.6 is 23.8 Å². The predicted molar refractivity (Wildman–Crippen MR) is 88.5 cm³/mol. The zero-order valence-corrected chi connectivity index (χ0v) is 13.6. The van der Waals surface area contributed by atoms with Crippen LogP contribution in [0.1, 0.15) is 49.4 Å². The molecular weight excluding hydrogens is 306 g/mol. The smallest absolute Gasteiger partial charge is 0.253 e. The summed E-state index contributed by atoms with van der Waals surface area (Å²) in [6.07, 6.45) is 7.78. The highest BCUT2D eigenvalue weighted by atomic mass is 35.5. The average molecular weight is 326 g/mol. The average Bonchev–Trinajstić information content (AvgIpc) is 2.48. The third kappa shape index (κ3) is 3.52. The Bertz CT molecular complexity index is 541. The number of nitrogens with two attached hydrogens (primary N) is 1. The van der Waals surface area contributed by atoms with E-state index in [9.17, 15) is 4.79 Å². The molecule has 0 saturated heterocycles. The lowest BCUT2D eigenvalue weighted by atomic mass is 9.75. The number of thiocarbonyl (C=S) groups is 1. The number of amides is 1. The van der Waals surface area contributed by atoms with Gasteiger partial charge in [-0.1, -0.05) is 37.2 Å². The summed E-state index contributed by atoms with van der Waals surface area (Å²) in [5.41, 5.74) is 5.73. The maximum atomic E-state index is 12.5. The molecule has 0 aliphatic heterocycles. The number of pyridine rings is 1. The number of nitrogens with one attached hydrogen (secondary N) is 1. The first-order valence-electron chi connectivity index (χ1n) is 7.20. The Labute approximate surface area is 135 Å². The molecule has 0 bridgehead atoms. The lowest BCUT2D eigenvalue weighted by Crippen LogP contribution is -2.58. The minimum atomic E-state index is -0.593. The lowest BCUT2D eigenvalue weighted by molar-refractivity contribution is 0.0898. The Morgan fingerprint density at radius 2 is 2.24 bits per heavy atom. The zero-order chi connectivity index (χ0) is 15.5. The largest absolute Gasteiger partial charge is 0.391 e. The van der Waals surface area contributed by atoms with E-state index in [1.54, 1.807) is 12.3 Å². The highest BCUT2D eigenvalue weighted by Crippen LogP contribution is 2.34. The molecule has 4 nitrogen and oxygen atoms in total. The minimum absolute atomic E-state index is 0.245. The summed E-state index contributed by atoms with van der Waals surface area (Å²) in [5.74, 6) is 0.444. The molecule has 1 fully saturated rings. The van der Waals surface area contributed by atoms with Crippen LogP contribution in [-0.2, 0) is 0 Å². The second-order valence-corrected chi connectivity index (χ2v) is 6.45. The van der Waals surface area contributed by atoms with Crippen LogP contribution in [0.4, 0.5) is 0 Å². The number of carbonyl (C=O) groups excluding carboxylic acids is 1. The molecule has 0 aromatic carbocycles. The highest BCUT2D eigenvalue weighted by Gasteiger charge is 2.39. The lowest BCUT2D eigenvalue weighted by Gasteiger charge is -2.40. The van der Waals surface area contributed by atoms with Crippen molar-refractivity contribution >= 4 is 34.7 Å². The van der Waals surface area contributed by atoms with E-state index < -0.39 is 5.54 Å². The predicted octanol–water partition coefficient (Wildman–Crippen LogP) is 3.09. The van der Waals surface area contributed by atoms with E-state index in [1.807, 2.05) is 0 Å². The van der Waals surface area contributed by atoms with Crippen molar-refractivity contribution in [3.05, 3.63) is 29.0 Å². The highest BCUT2D eigenvalue weighted by molar-refractivity contribution is 7.80. The van der Waals surface area contributed by atoms with E-state index in [1.165, 1.54) is 6.20 Å². The number of nitrogens with zero attached hydrogens (tertiary/aromatic N) is 1. The Kier molecular flexibility index (Phi) is 5.17. The molecule has 1 saturated carbocycles. The van der Waals surface area contributed by atoms with Gasteiger partial charge in [0.1, 0.15) is 0 Å². The Hall–Kier alpha value is -1.20. The van der Waals surface area contributed by atoms with Crippen LogP contribution in [-0.4, -0.2) is 21.4 Å². The van der Waals surface area contributed by atoms with Crippen LogP contribution in [0.5, 0.6) is 0 Å². The van der Waals surface area contributed by atoms with Crippen molar-refractivity contribution in [2.45, 2.75) is 44.6 Å². The summed E-state index contributed by atoms with van der Waals surface area (Å²) in [6, 6.07) is 1.60. The number of halogens is 1. The molecule has 2 rings (SSSR count). The number of aromatic nitrogens is 1. The first-order valence-corrected chi connectivity index (χ1v) is 7.99. The molecule has 1 aromatic heterocycles. The van der Waals surface area contributed by atoms with Crippen molar-refractivity contribution in [3.8, 4) is 0 Å². The Morgan fingerprint density at radius 3 is 2.76 bits per heavy atom. The fourth-order valence-corrected chi connectivity index (χ4v) is 3.32. The molecule has 0 atom stereocenters. The second kappa shape index (κ2) is 6.71. The Balaban J connectivity index is 2.16. The minimum Gasteiger partial charge on any atom is -0.391 e. The third-order valence-corrected chi connectivity index (χ3v) is 5.07. The van der Waals surface area contributed by atoms with Gasteiger partial charge in [-0.2, -0.15) is 0 Å². The molecule has 1 aliphatic rings. The molecule has 0 spiro atoms. The van der Waals surface area contributed by atoms with E-state index >= 15 is 0 Å². The van der Waals surface area contributed by atoms with Gasteiger partial charge >= 0.3 is 0 Å². The fourth-order valence-electron chi connectivity index (χ4n) is 2.86. The quantitative estimate of drug-likeness (QED) is 0.835. The monoisotopic (exact) mass is 325 g/mol. The van der Waals surface area contributed by atoms with E-state index in [0.29, 0.717) is 21.5 Å². The standard InChI is InChI=1S/C15H20ClN3OS/c1-2-10-3-6-15(7-4-10,14(17)21)19-13(20)11-5-8-18-9-12(11)16/h5,8-10H,2-4,6-7H2,1H3,(H2,17,21)(H,19,20). The Morgan fingerprint density at radius 1 is 1.57 bits per heavy atom. The molecular formula is C15H20ClN3OS. The van der Waals surface area contributed by atoms with Gasteiger partial charge in [-0.25, -0.2) is 0 Å². The number of hydrogen-bond acceptors (Lipinski definition) is 3. The van der Waals surface area contributed by atoms with E-state index in [0.717, 1.165) is 32.1 Å². The maximum absolute atomic E-state index is 12.5. The van der Waals surface area contributed by atoms with Gasteiger partial charge in [-0.05, 0) is 37.7 Å².